The highest BCUT2D eigenvalue weighted by molar-refractivity contribution is 5.59. The van der Waals surface area contributed by atoms with Gasteiger partial charge in [-0.3, -0.25) is 0 Å². The van der Waals surface area contributed by atoms with Crippen molar-refractivity contribution in [2.45, 2.75) is 43.4 Å². The number of aliphatic hydroxyl groups excluding tert-OH is 3. The third kappa shape index (κ3) is 3.89. The van der Waals surface area contributed by atoms with Crippen molar-refractivity contribution in [2.75, 3.05) is 33.5 Å². The normalized spacial score (nSPS) is 31.3. The number of alkyl halides is 1. The average Bonchev–Trinajstić information content (AvgIpc) is 3.37. The summed E-state index contributed by atoms with van der Waals surface area (Å²) in [5.41, 5.74) is 0.252. The van der Waals surface area contributed by atoms with Crippen molar-refractivity contribution in [3.8, 4) is 23.0 Å². The Hall–Kier alpha value is -2.59. The van der Waals surface area contributed by atoms with E-state index in [0.29, 0.717) is 24.7 Å². The van der Waals surface area contributed by atoms with Crippen LogP contribution in [-0.4, -0.2) is 73.3 Å². The lowest BCUT2D eigenvalue weighted by Gasteiger charge is -2.39. The zero-order chi connectivity index (χ0) is 27.4. The van der Waals surface area contributed by atoms with Gasteiger partial charge in [0.25, 0.3) is 0 Å². The van der Waals surface area contributed by atoms with Gasteiger partial charge in [-0.25, -0.2) is 4.39 Å². The first-order chi connectivity index (χ1) is 17.9. The Morgan fingerprint density at radius 2 is 1.94 bits per heavy atom. The van der Waals surface area contributed by atoms with Gasteiger partial charge in [0.05, 0.1) is 24.4 Å². The summed E-state index contributed by atoms with van der Waals surface area (Å²) < 4.78 is 83.3. The number of rotatable bonds is 5. The minimum Gasteiger partial charge on any atom is -0.496 e. The number of methoxy groups -OCH3 is 1. The number of halogens is 1. The van der Waals surface area contributed by atoms with Crippen molar-refractivity contribution in [1.82, 2.24) is 0 Å². The molecule has 0 unspecified atom stereocenters. The fraction of sp³-hybridized carbons (Fsp3) is 0.500. The molecule has 0 aliphatic carbocycles. The van der Waals surface area contributed by atoms with E-state index in [9.17, 15) is 19.7 Å². The second-order valence-electron chi connectivity index (χ2n) is 8.04. The van der Waals surface area contributed by atoms with Crippen molar-refractivity contribution < 1.29 is 50.2 Å². The topological polar surface area (TPSA) is 107 Å². The Kier molecular flexibility index (Phi) is 4.61. The fourth-order valence-electron chi connectivity index (χ4n) is 4.41. The quantitative estimate of drug-likeness (QED) is 0.607. The van der Waals surface area contributed by atoms with Gasteiger partial charge >= 0.3 is 0 Å². The molecule has 5 atom stereocenters. The third-order valence-corrected chi connectivity index (χ3v) is 6.03. The largest absolute Gasteiger partial charge is 0.496 e. The van der Waals surface area contributed by atoms with Crippen LogP contribution in [0.1, 0.15) is 35.2 Å². The predicted octanol–water partition coefficient (Wildman–Crippen LogP) is 1.48. The molecule has 0 spiro atoms. The molecule has 3 aliphatic heterocycles. The molecule has 178 valence electrons. The van der Waals surface area contributed by atoms with E-state index in [-0.39, 0.29) is 46.8 Å². The molecule has 3 heterocycles. The first-order valence-electron chi connectivity index (χ1n) is 13.1. The fourth-order valence-corrected chi connectivity index (χ4v) is 4.41. The molecule has 1 fully saturated rings. The number of aliphatic hydroxyl groups is 3. The van der Waals surface area contributed by atoms with Gasteiger partial charge in [-0.2, -0.15) is 0 Å². The molecule has 2 aromatic carbocycles. The van der Waals surface area contributed by atoms with Crippen LogP contribution in [-0.2, 0) is 17.5 Å². The van der Waals surface area contributed by atoms with E-state index in [0.717, 1.165) is 0 Å². The Morgan fingerprint density at radius 1 is 1.12 bits per heavy atom. The summed E-state index contributed by atoms with van der Waals surface area (Å²) in [6.07, 6.45) is -11.1. The first-order valence-corrected chi connectivity index (χ1v) is 10.6. The maximum Gasteiger partial charge on any atom is 0.161 e. The van der Waals surface area contributed by atoms with E-state index in [1.165, 1.54) is 18.2 Å². The first kappa shape index (κ1) is 16.9. The number of fused-ring (bicyclic) bond motifs is 2. The van der Waals surface area contributed by atoms with Crippen molar-refractivity contribution >= 4 is 0 Å². The van der Waals surface area contributed by atoms with E-state index in [4.69, 9.17) is 30.5 Å². The van der Waals surface area contributed by atoms with Crippen LogP contribution in [0.4, 0.5) is 4.39 Å². The maximum absolute atomic E-state index is 14.5. The molecule has 2 aromatic rings. The van der Waals surface area contributed by atoms with Crippen molar-refractivity contribution in [1.29, 1.82) is 0 Å². The highest BCUT2D eigenvalue weighted by Gasteiger charge is 2.46. The molecule has 9 heteroatoms. The lowest BCUT2D eigenvalue weighted by atomic mass is 9.88. The number of benzene rings is 2. The Bertz CT molecular complexity index is 1210. The molecule has 5 rings (SSSR count). The maximum atomic E-state index is 14.5. The molecule has 3 aliphatic rings. The molecule has 1 saturated heterocycles. The van der Waals surface area contributed by atoms with Crippen LogP contribution < -0.4 is 18.9 Å². The molecule has 0 amide bonds. The Morgan fingerprint density at radius 3 is 2.73 bits per heavy atom. The lowest BCUT2D eigenvalue weighted by Crippen LogP contribution is -2.53. The summed E-state index contributed by atoms with van der Waals surface area (Å²) in [5, 5.41) is 30.7. The molecular formula is C24H27FO8. The molecule has 0 saturated carbocycles. The SMILES string of the molecule is [2H]C([2H])([2H])Oc1c([C@@H]2O[C@H](CO)[C@@H](F)[C@H](O)[C@H]2O)cc(C([2H])([2H])c2ccc3c(c2)OCCO3)c2c1CCO2. The summed E-state index contributed by atoms with van der Waals surface area (Å²) in [5.74, 6) is 0.639. The van der Waals surface area contributed by atoms with Crippen molar-refractivity contribution in [3.63, 3.8) is 0 Å². The minimum atomic E-state index is -2.95. The Balaban J connectivity index is 1.68. The Labute approximate surface area is 197 Å². The summed E-state index contributed by atoms with van der Waals surface area (Å²) in [6.45, 7) is -0.0676. The van der Waals surface area contributed by atoms with Gasteiger partial charge in [0.15, 0.2) is 17.7 Å². The van der Waals surface area contributed by atoms with Crippen molar-refractivity contribution in [2.24, 2.45) is 0 Å². The van der Waals surface area contributed by atoms with Crippen LogP contribution in [0.2, 0.25) is 0 Å². The minimum absolute atomic E-state index is 0.0252. The molecular weight excluding hydrogens is 435 g/mol. The molecule has 3 N–H and O–H groups in total. The van der Waals surface area contributed by atoms with Gasteiger partial charge in [0.2, 0.25) is 0 Å². The molecule has 0 aromatic heterocycles. The molecule has 33 heavy (non-hydrogen) atoms. The van der Waals surface area contributed by atoms with Crippen LogP contribution in [0, 0.1) is 0 Å². The lowest BCUT2D eigenvalue weighted by molar-refractivity contribution is -0.214. The van der Waals surface area contributed by atoms with E-state index in [1.54, 1.807) is 6.07 Å². The summed E-state index contributed by atoms with van der Waals surface area (Å²) in [4.78, 5) is 0. The van der Waals surface area contributed by atoms with Crippen LogP contribution in [0.15, 0.2) is 24.3 Å². The van der Waals surface area contributed by atoms with E-state index in [1.807, 2.05) is 0 Å². The number of hydrogen-bond donors (Lipinski definition) is 3. The standard InChI is InChI=1S/C24H27FO8/c1-29-23-14-4-5-32-22(14)13(8-12-2-3-16-17(9-12)31-7-6-30-16)10-15(23)24-21(28)20(27)19(25)18(11-26)33-24/h2-3,9-10,18-21,24,26-28H,4-8,11H2,1H3/t18-,19-,20+,21-,24+/m1/s1/i1D3,8D2. The predicted molar refractivity (Wildman–Crippen MR) is 114 cm³/mol. The van der Waals surface area contributed by atoms with Gasteiger partial charge in [-0.1, -0.05) is 6.07 Å². The third-order valence-electron chi connectivity index (χ3n) is 6.03. The van der Waals surface area contributed by atoms with Gasteiger partial charge in [0.1, 0.15) is 49.1 Å². The molecule has 8 nitrogen and oxygen atoms in total. The zero-order valence-corrected chi connectivity index (χ0v) is 17.5. The zero-order valence-electron chi connectivity index (χ0n) is 22.5. The van der Waals surface area contributed by atoms with Gasteiger partial charge in [-0.05, 0) is 29.3 Å². The van der Waals surface area contributed by atoms with E-state index >= 15 is 0 Å². The second-order valence-corrected chi connectivity index (χ2v) is 8.04. The highest BCUT2D eigenvalue weighted by Crippen LogP contribution is 2.46. The number of ether oxygens (including phenoxy) is 5. The summed E-state index contributed by atoms with van der Waals surface area (Å²) in [7, 11) is -2.95. The van der Waals surface area contributed by atoms with Gasteiger partial charge in [-0.15, -0.1) is 0 Å². The highest BCUT2D eigenvalue weighted by atomic mass is 19.1. The average molecular weight is 468 g/mol. The van der Waals surface area contributed by atoms with Crippen LogP contribution in [0.25, 0.3) is 0 Å². The van der Waals surface area contributed by atoms with E-state index < -0.39 is 50.6 Å². The number of hydrogen-bond acceptors (Lipinski definition) is 8. The van der Waals surface area contributed by atoms with Crippen LogP contribution >= 0.6 is 0 Å². The van der Waals surface area contributed by atoms with Gasteiger partial charge < -0.3 is 39.0 Å². The summed E-state index contributed by atoms with van der Waals surface area (Å²) in [6, 6.07) is 5.82. The monoisotopic (exact) mass is 467 g/mol. The smallest absolute Gasteiger partial charge is 0.161 e. The molecule has 0 radical (unpaired) electrons. The van der Waals surface area contributed by atoms with Crippen LogP contribution in [0.3, 0.4) is 0 Å². The molecule has 0 bridgehead atoms. The second kappa shape index (κ2) is 8.98. The van der Waals surface area contributed by atoms with E-state index in [2.05, 4.69) is 0 Å². The summed E-state index contributed by atoms with van der Waals surface area (Å²) >= 11 is 0. The van der Waals surface area contributed by atoms with Crippen LogP contribution in [0.5, 0.6) is 23.0 Å². The van der Waals surface area contributed by atoms with Crippen molar-refractivity contribution in [3.05, 3.63) is 46.5 Å². The van der Waals surface area contributed by atoms with Gasteiger partial charge in [0, 0.05) is 26.7 Å².